The third-order valence-corrected chi connectivity index (χ3v) is 2.24. The Kier molecular flexibility index (Phi) is 3.05. The van der Waals surface area contributed by atoms with Gasteiger partial charge in [-0.1, -0.05) is 28.1 Å². The van der Waals surface area contributed by atoms with Gasteiger partial charge in [0.15, 0.2) is 0 Å². The van der Waals surface area contributed by atoms with E-state index in [1.807, 2.05) is 0 Å². The molecule has 2 nitrogen and oxygen atoms in total. The molecule has 1 aromatic carbocycles. The van der Waals surface area contributed by atoms with Crippen LogP contribution in [0.1, 0.15) is 11.1 Å². The number of benzene rings is 1. The van der Waals surface area contributed by atoms with Gasteiger partial charge in [0.25, 0.3) is 0 Å². The highest BCUT2D eigenvalue weighted by Gasteiger charge is 1.97. The van der Waals surface area contributed by atoms with E-state index in [-0.39, 0.29) is 0 Å². The van der Waals surface area contributed by atoms with Crippen LogP contribution >= 0.6 is 15.9 Å². The van der Waals surface area contributed by atoms with Crippen LogP contribution in [0, 0.1) is 6.92 Å². The van der Waals surface area contributed by atoms with Gasteiger partial charge in [0.1, 0.15) is 0 Å². The number of nitrogens with two attached hydrogens (primary N) is 1. The van der Waals surface area contributed by atoms with Crippen molar-refractivity contribution in [3.05, 3.63) is 33.8 Å². The summed E-state index contributed by atoms with van der Waals surface area (Å²) in [7, 11) is 0. The quantitative estimate of drug-likeness (QED) is 0.582. The first-order valence-corrected chi connectivity index (χ1v) is 4.22. The van der Waals surface area contributed by atoms with Crippen LogP contribution in [0.5, 0.6) is 0 Å². The fourth-order valence-electron chi connectivity index (χ4n) is 0.906. The molecule has 1 aromatic rings. The van der Waals surface area contributed by atoms with Crippen molar-refractivity contribution in [1.82, 2.24) is 5.43 Å². The second kappa shape index (κ2) is 3.85. The van der Waals surface area contributed by atoms with Gasteiger partial charge in [-0.2, -0.15) is 0 Å². The van der Waals surface area contributed by atoms with Gasteiger partial charge in [0.2, 0.25) is 0 Å². The predicted molar refractivity (Wildman–Crippen MR) is 49.9 cm³/mol. The number of hydrazine groups is 1. The average Bonchev–Trinajstić information content (AvgIpc) is 1.95. The molecular weight excluding hydrogens is 204 g/mol. The third kappa shape index (κ3) is 2.29. The minimum atomic E-state index is 0.695. The molecule has 0 amide bonds. The van der Waals surface area contributed by atoms with Crippen LogP contribution in [0.4, 0.5) is 0 Å². The van der Waals surface area contributed by atoms with E-state index < -0.39 is 0 Å². The minimum Gasteiger partial charge on any atom is -0.271 e. The van der Waals surface area contributed by atoms with Crippen LogP contribution in [0.15, 0.2) is 22.7 Å². The zero-order valence-electron chi connectivity index (χ0n) is 6.39. The summed E-state index contributed by atoms with van der Waals surface area (Å²) in [5, 5.41) is 0. The van der Waals surface area contributed by atoms with Crippen LogP contribution < -0.4 is 11.3 Å². The lowest BCUT2D eigenvalue weighted by Gasteiger charge is -2.03. The summed E-state index contributed by atoms with van der Waals surface area (Å²) in [6, 6.07) is 6.20. The maximum absolute atomic E-state index is 5.20. The Morgan fingerprint density at radius 1 is 1.55 bits per heavy atom. The first-order valence-electron chi connectivity index (χ1n) is 3.42. The lowest BCUT2D eigenvalue weighted by Crippen LogP contribution is -2.20. The number of hydrogen-bond acceptors (Lipinski definition) is 2. The molecule has 0 atom stereocenters. The van der Waals surface area contributed by atoms with Gasteiger partial charge in [0, 0.05) is 11.0 Å². The summed E-state index contributed by atoms with van der Waals surface area (Å²) in [4.78, 5) is 0. The van der Waals surface area contributed by atoms with Crippen molar-refractivity contribution in [3.8, 4) is 0 Å². The molecule has 0 aliphatic rings. The van der Waals surface area contributed by atoms with Crippen LogP contribution in [0.25, 0.3) is 0 Å². The van der Waals surface area contributed by atoms with Crippen molar-refractivity contribution in [1.29, 1.82) is 0 Å². The van der Waals surface area contributed by atoms with Crippen molar-refractivity contribution < 1.29 is 0 Å². The number of hydrogen-bond donors (Lipinski definition) is 2. The molecule has 0 heterocycles. The van der Waals surface area contributed by atoms with Gasteiger partial charge >= 0.3 is 0 Å². The number of rotatable bonds is 2. The van der Waals surface area contributed by atoms with E-state index in [4.69, 9.17) is 5.84 Å². The summed E-state index contributed by atoms with van der Waals surface area (Å²) in [5.41, 5.74) is 5.04. The van der Waals surface area contributed by atoms with Crippen LogP contribution in [0.2, 0.25) is 0 Å². The molecule has 1 rings (SSSR count). The highest BCUT2D eigenvalue weighted by atomic mass is 79.9. The molecule has 0 spiro atoms. The van der Waals surface area contributed by atoms with Crippen molar-refractivity contribution >= 4 is 15.9 Å². The Hall–Kier alpha value is -0.380. The second-order valence-electron chi connectivity index (χ2n) is 2.48. The summed E-state index contributed by atoms with van der Waals surface area (Å²) in [5.74, 6) is 5.20. The number of nitrogens with one attached hydrogen (secondary N) is 1. The van der Waals surface area contributed by atoms with Gasteiger partial charge in [0.05, 0.1) is 0 Å². The van der Waals surface area contributed by atoms with Crippen molar-refractivity contribution in [2.45, 2.75) is 13.5 Å². The van der Waals surface area contributed by atoms with Gasteiger partial charge < -0.3 is 0 Å². The van der Waals surface area contributed by atoms with Crippen molar-refractivity contribution in [3.63, 3.8) is 0 Å². The van der Waals surface area contributed by atoms with Crippen LogP contribution in [0.3, 0.4) is 0 Å². The van der Waals surface area contributed by atoms with E-state index in [0.717, 1.165) is 4.47 Å². The van der Waals surface area contributed by atoms with Crippen LogP contribution in [-0.2, 0) is 6.54 Å². The smallest absolute Gasteiger partial charge is 0.0359 e. The molecule has 60 valence electrons. The largest absolute Gasteiger partial charge is 0.271 e. The predicted octanol–water partition coefficient (Wildman–Crippen LogP) is 1.72. The van der Waals surface area contributed by atoms with Gasteiger partial charge in [-0.05, 0) is 24.1 Å². The number of aryl methyl sites for hydroxylation is 1. The number of halogens is 1. The third-order valence-electron chi connectivity index (χ3n) is 1.50. The molecule has 0 aromatic heterocycles. The topological polar surface area (TPSA) is 38.0 Å². The average molecular weight is 215 g/mol. The van der Waals surface area contributed by atoms with E-state index >= 15 is 0 Å². The fourth-order valence-corrected chi connectivity index (χ4v) is 1.54. The molecule has 3 heteroatoms. The summed E-state index contributed by atoms with van der Waals surface area (Å²) < 4.78 is 1.11. The minimum absolute atomic E-state index is 0.695. The Bertz CT molecular complexity index is 248. The Balaban J connectivity index is 2.90. The monoisotopic (exact) mass is 214 g/mol. The second-order valence-corrected chi connectivity index (χ2v) is 3.33. The molecule has 0 radical (unpaired) electrons. The molecule has 11 heavy (non-hydrogen) atoms. The zero-order valence-corrected chi connectivity index (χ0v) is 7.98. The maximum Gasteiger partial charge on any atom is 0.0359 e. The van der Waals surface area contributed by atoms with E-state index in [9.17, 15) is 0 Å². The summed E-state index contributed by atoms with van der Waals surface area (Å²) in [6.07, 6.45) is 0. The molecule has 0 bridgehead atoms. The molecule has 0 aliphatic carbocycles. The Morgan fingerprint density at radius 2 is 2.27 bits per heavy atom. The molecule has 0 unspecified atom stereocenters. The summed E-state index contributed by atoms with van der Waals surface area (Å²) in [6.45, 7) is 2.76. The van der Waals surface area contributed by atoms with E-state index in [1.54, 1.807) is 0 Å². The molecule has 0 fully saturated rings. The molecular formula is C8H11BrN2. The van der Waals surface area contributed by atoms with Crippen molar-refractivity contribution in [2.75, 3.05) is 0 Å². The maximum atomic E-state index is 5.20. The summed E-state index contributed by atoms with van der Waals surface area (Å²) >= 11 is 3.45. The molecule has 3 N–H and O–H groups in total. The SMILES string of the molecule is Cc1ccc(CNN)c(Br)c1. The highest BCUT2D eigenvalue weighted by Crippen LogP contribution is 2.17. The van der Waals surface area contributed by atoms with E-state index in [0.29, 0.717) is 6.54 Å². The van der Waals surface area contributed by atoms with Gasteiger partial charge in [-0.15, -0.1) is 0 Å². The van der Waals surface area contributed by atoms with Crippen molar-refractivity contribution in [2.24, 2.45) is 5.84 Å². The fraction of sp³-hybridized carbons (Fsp3) is 0.250. The van der Waals surface area contributed by atoms with E-state index in [2.05, 4.69) is 46.5 Å². The van der Waals surface area contributed by atoms with Gasteiger partial charge in [-0.25, -0.2) is 0 Å². The van der Waals surface area contributed by atoms with Gasteiger partial charge in [-0.3, -0.25) is 11.3 Å². The van der Waals surface area contributed by atoms with E-state index in [1.165, 1.54) is 11.1 Å². The molecule has 0 aliphatic heterocycles. The Labute approximate surface area is 74.9 Å². The first-order chi connectivity index (χ1) is 5.24. The zero-order chi connectivity index (χ0) is 8.27. The normalized spacial score (nSPS) is 10.1. The Morgan fingerprint density at radius 3 is 2.82 bits per heavy atom. The first kappa shape index (κ1) is 8.71. The standard InChI is InChI=1S/C8H11BrN2/c1-6-2-3-7(5-11-10)8(9)4-6/h2-4,11H,5,10H2,1H3. The lowest BCUT2D eigenvalue weighted by molar-refractivity contribution is 0.739. The highest BCUT2D eigenvalue weighted by molar-refractivity contribution is 9.10. The molecule has 0 saturated carbocycles. The molecule has 0 saturated heterocycles. The van der Waals surface area contributed by atoms with Crippen LogP contribution in [-0.4, -0.2) is 0 Å². The lowest BCUT2D eigenvalue weighted by atomic mass is 10.1.